The van der Waals surface area contributed by atoms with Crippen molar-refractivity contribution in [1.82, 2.24) is 40.2 Å². The number of thiazole rings is 1. The number of aryl methyl sites for hydroxylation is 2. The summed E-state index contributed by atoms with van der Waals surface area (Å²) in [5.74, 6) is -3.36. The third-order valence-electron chi connectivity index (χ3n) is 14.4. The van der Waals surface area contributed by atoms with E-state index in [0.29, 0.717) is 77.7 Å². The maximum Gasteiger partial charge on any atom is 0.274 e. The van der Waals surface area contributed by atoms with Gasteiger partial charge in [0.1, 0.15) is 23.1 Å². The number of anilines is 2. The van der Waals surface area contributed by atoms with E-state index in [2.05, 4.69) is 30.7 Å². The number of hydrogen-bond acceptors (Lipinski definition) is 14. The van der Waals surface area contributed by atoms with Crippen LogP contribution in [0.5, 0.6) is 5.88 Å². The average Bonchev–Trinajstić information content (AvgIpc) is 4.30. The van der Waals surface area contributed by atoms with Gasteiger partial charge >= 0.3 is 0 Å². The van der Waals surface area contributed by atoms with Crippen molar-refractivity contribution in [1.29, 1.82) is 0 Å². The van der Waals surface area contributed by atoms with Crippen molar-refractivity contribution < 1.29 is 40.8 Å². The SMILES string of the molecule is Cc1ncsc1-c1ccc([C@]2(C)N=C([C@@H]3CCCN3C(=O)C(c3cc(OCCCCCNC(=O)c4cc5c(cc4CS(C)(=O)=O)-c4cn(C)c(=O)c6[nH]cc(c46)CN5c4ncc(F)cc4F)no3)C(C)C)NC2=O)cc1. The fourth-order valence-corrected chi connectivity index (χ4v) is 12.1. The van der Waals surface area contributed by atoms with Crippen LogP contribution in [0.15, 0.2) is 86.9 Å². The summed E-state index contributed by atoms with van der Waals surface area (Å²) in [6.07, 6.45) is 8.27. The molecule has 1 saturated heterocycles. The Morgan fingerprint density at radius 3 is 2.57 bits per heavy atom. The minimum Gasteiger partial charge on any atom is -0.476 e. The number of carbonyl (C=O) groups excluding carboxylic acids is 3. The molecule has 0 aliphatic carbocycles. The molecule has 0 radical (unpaired) electrons. The van der Waals surface area contributed by atoms with Crippen molar-refractivity contribution in [2.24, 2.45) is 18.0 Å². The number of nitrogens with one attached hydrogen (secondary N) is 3. The monoisotopic (exact) mass is 1070 g/mol. The molecule has 3 atom stereocenters. The number of H-pyrrole nitrogens is 1. The van der Waals surface area contributed by atoms with E-state index in [1.807, 2.05) is 50.5 Å². The van der Waals surface area contributed by atoms with Crippen LogP contribution in [0.3, 0.4) is 0 Å². The third-order valence-corrected chi connectivity index (χ3v) is 16.2. The Bertz CT molecular complexity index is 3640. The molecule has 1 unspecified atom stereocenters. The molecule has 2 aromatic carbocycles. The maximum atomic E-state index is 15.6. The highest BCUT2D eigenvalue weighted by Gasteiger charge is 2.47. The number of halogens is 2. The number of fused-ring (bicyclic) bond motifs is 2. The fraction of sp³-hybridized carbons (Fsp3) is 0.370. The van der Waals surface area contributed by atoms with Gasteiger partial charge in [0.15, 0.2) is 32.8 Å². The number of pyridine rings is 2. The Kier molecular flexibility index (Phi) is 14.0. The molecule has 18 nitrogen and oxygen atoms in total. The number of aliphatic imine (C=N–C) groups is 1. The Morgan fingerprint density at radius 2 is 1.84 bits per heavy atom. The number of amides is 3. The van der Waals surface area contributed by atoms with Gasteiger partial charge in [0.25, 0.3) is 23.3 Å². The number of aromatic nitrogens is 5. The molecular formula is C54H56F2N10O8S2. The Morgan fingerprint density at radius 1 is 1.05 bits per heavy atom. The summed E-state index contributed by atoms with van der Waals surface area (Å²) in [7, 11) is -2.12. The number of benzene rings is 2. The van der Waals surface area contributed by atoms with Gasteiger partial charge < -0.3 is 39.2 Å². The highest BCUT2D eigenvalue weighted by atomic mass is 32.2. The summed E-state index contributed by atoms with van der Waals surface area (Å²) in [6, 6.07) is 12.8. The zero-order valence-corrected chi connectivity index (χ0v) is 44.3. The number of sulfone groups is 1. The molecule has 76 heavy (non-hydrogen) atoms. The first-order chi connectivity index (χ1) is 36.3. The molecule has 3 N–H and O–H groups in total. The second-order valence-electron chi connectivity index (χ2n) is 20.2. The van der Waals surface area contributed by atoms with Crippen LogP contribution in [0.4, 0.5) is 20.3 Å². The van der Waals surface area contributed by atoms with Crippen molar-refractivity contribution >= 4 is 67.1 Å². The van der Waals surface area contributed by atoms with Gasteiger partial charge in [0.05, 0.1) is 52.9 Å². The predicted molar refractivity (Wildman–Crippen MR) is 283 cm³/mol. The predicted octanol–water partition coefficient (Wildman–Crippen LogP) is 7.98. The summed E-state index contributed by atoms with van der Waals surface area (Å²) < 4.78 is 68.5. The van der Waals surface area contributed by atoms with E-state index in [1.54, 1.807) is 54.7 Å². The van der Waals surface area contributed by atoms with E-state index in [1.165, 1.54) is 15.5 Å². The third kappa shape index (κ3) is 9.90. The fourth-order valence-electron chi connectivity index (χ4n) is 10.5. The van der Waals surface area contributed by atoms with Gasteiger partial charge in [-0.25, -0.2) is 32.2 Å². The number of nitrogens with zero attached hydrogens (tertiary/aromatic N) is 7. The topological polar surface area (TPSA) is 227 Å². The van der Waals surface area contributed by atoms with E-state index in [0.717, 1.165) is 40.6 Å². The molecule has 5 aromatic heterocycles. The summed E-state index contributed by atoms with van der Waals surface area (Å²) in [4.78, 5) is 76.0. The Balaban J connectivity index is 0.777. The molecule has 396 valence electrons. The maximum absolute atomic E-state index is 15.6. The molecule has 22 heteroatoms. The normalized spacial score (nSPS) is 17.7. The molecule has 10 rings (SSSR count). The van der Waals surface area contributed by atoms with Gasteiger partial charge in [-0.3, -0.25) is 19.2 Å². The Labute approximate surface area is 440 Å². The van der Waals surface area contributed by atoms with Gasteiger partial charge in [-0.1, -0.05) is 38.1 Å². The lowest BCUT2D eigenvalue weighted by molar-refractivity contribution is -0.134. The van der Waals surface area contributed by atoms with Crippen LogP contribution in [-0.4, -0.2) is 93.5 Å². The summed E-state index contributed by atoms with van der Waals surface area (Å²) >= 11 is 1.56. The minimum atomic E-state index is -3.69. The van der Waals surface area contributed by atoms with Crippen molar-refractivity contribution in [3.63, 3.8) is 0 Å². The van der Waals surface area contributed by atoms with Crippen LogP contribution in [0.1, 0.15) is 97.3 Å². The van der Waals surface area contributed by atoms with Crippen molar-refractivity contribution in [3.05, 3.63) is 128 Å². The molecular weight excluding hydrogens is 1020 g/mol. The molecule has 0 bridgehead atoms. The highest BCUT2D eigenvalue weighted by molar-refractivity contribution is 7.89. The van der Waals surface area contributed by atoms with Crippen molar-refractivity contribution in [2.45, 2.75) is 89.6 Å². The molecule has 3 aliphatic rings. The van der Waals surface area contributed by atoms with E-state index < -0.39 is 50.6 Å². The number of rotatable bonds is 17. The number of carbonyl (C=O) groups is 3. The van der Waals surface area contributed by atoms with Crippen LogP contribution in [0.2, 0.25) is 0 Å². The smallest absolute Gasteiger partial charge is 0.274 e. The first-order valence-electron chi connectivity index (χ1n) is 25.0. The molecule has 3 aliphatic heterocycles. The van der Waals surface area contributed by atoms with Crippen LogP contribution < -0.4 is 25.8 Å². The lowest BCUT2D eigenvalue weighted by Crippen LogP contribution is -2.48. The highest BCUT2D eigenvalue weighted by Crippen LogP contribution is 2.45. The average molecular weight is 1080 g/mol. The van der Waals surface area contributed by atoms with Gasteiger partial charge in [0, 0.05) is 73.0 Å². The lowest BCUT2D eigenvalue weighted by atomic mass is 9.91. The summed E-state index contributed by atoms with van der Waals surface area (Å²) in [5, 5.41) is 10.6. The van der Waals surface area contributed by atoms with Crippen LogP contribution in [0.25, 0.3) is 32.5 Å². The van der Waals surface area contributed by atoms with Crippen molar-refractivity contribution in [2.75, 3.05) is 30.9 Å². The number of ether oxygens (including phenoxy) is 1. The van der Waals surface area contributed by atoms with E-state index in [-0.39, 0.29) is 71.3 Å². The Hall–Kier alpha value is -7.59. The van der Waals surface area contributed by atoms with E-state index in [9.17, 15) is 32.0 Å². The summed E-state index contributed by atoms with van der Waals surface area (Å²) in [5.41, 5.74) is 5.41. The van der Waals surface area contributed by atoms with Gasteiger partial charge in [-0.05, 0) is 91.4 Å². The van der Waals surface area contributed by atoms with Crippen molar-refractivity contribution in [3.8, 4) is 27.4 Å². The zero-order valence-electron chi connectivity index (χ0n) is 42.7. The number of likely N-dealkylation sites (tertiary alicyclic amines) is 1. The molecule has 0 saturated carbocycles. The van der Waals surface area contributed by atoms with Gasteiger partial charge in [0.2, 0.25) is 5.91 Å². The molecule has 3 amide bonds. The van der Waals surface area contributed by atoms with Gasteiger partial charge in [-0.15, -0.1) is 11.3 Å². The summed E-state index contributed by atoms with van der Waals surface area (Å²) in [6.45, 7) is 8.56. The largest absolute Gasteiger partial charge is 0.476 e. The van der Waals surface area contributed by atoms with E-state index >= 15 is 4.39 Å². The quantitative estimate of drug-likeness (QED) is 0.0738. The molecule has 0 spiro atoms. The zero-order chi connectivity index (χ0) is 53.8. The molecule has 7 aromatic rings. The van der Waals surface area contributed by atoms with Crippen LogP contribution in [0, 0.1) is 24.5 Å². The number of hydrogen-bond donors (Lipinski definition) is 3. The lowest BCUT2D eigenvalue weighted by Gasteiger charge is -2.29. The first kappa shape index (κ1) is 51.9. The van der Waals surface area contributed by atoms with E-state index in [4.69, 9.17) is 14.3 Å². The minimum absolute atomic E-state index is 0.0206. The van der Waals surface area contributed by atoms with Crippen LogP contribution in [-0.2, 0) is 44.3 Å². The molecule has 1 fully saturated rings. The standard InChI is InChI=1S/C54H56F2N10O8S2/c1-29(2)44(51(68)65-17-10-11-40(65)48-61-53(70)54(4,62-48)34-14-12-31(13-15-34)47-30(3)60-28-75-47)42-22-43(63-74-42)73-18-9-7-8-16-57-50(67)36-21-41-37(19-32(36)27-76(6,71)72)38-26-64(5)52(69)46-45(38)33(23-58-46)25-66(41)49-39(56)20-35(55)24-59-49/h12-15,19-24,26,28-29,40,44,58H,7-11,16-18,25,27H2,1-6H3,(H,57,67)(H,61,62,70)/t40-,44?,54-/m0/s1. The number of aromatic amines is 1. The van der Waals surface area contributed by atoms with Crippen LogP contribution >= 0.6 is 11.3 Å². The second-order valence-corrected chi connectivity index (χ2v) is 23.2. The molecule has 8 heterocycles. The number of amidine groups is 1. The number of unbranched alkanes of at least 4 members (excludes halogenated alkanes) is 2. The second kappa shape index (κ2) is 20.5. The first-order valence-corrected chi connectivity index (χ1v) is 28.0. The van der Waals surface area contributed by atoms with Gasteiger partial charge in [-0.2, -0.15) is 0 Å².